The number of amides is 2. The van der Waals surface area contributed by atoms with Crippen molar-refractivity contribution in [2.45, 2.75) is 19.9 Å². The molecular formula is C17H24BrN3O3. The summed E-state index contributed by atoms with van der Waals surface area (Å²) in [5, 5.41) is 3.02. The van der Waals surface area contributed by atoms with Crippen molar-refractivity contribution in [2.75, 3.05) is 39.3 Å². The first kappa shape index (κ1) is 18.7. The van der Waals surface area contributed by atoms with E-state index in [4.69, 9.17) is 4.74 Å². The molecule has 1 unspecified atom stereocenters. The Morgan fingerprint density at radius 2 is 1.83 bits per heavy atom. The van der Waals surface area contributed by atoms with Gasteiger partial charge in [0.05, 0.1) is 19.2 Å². The fraction of sp³-hybridized carbons (Fsp3) is 0.529. The lowest BCUT2D eigenvalue weighted by Crippen LogP contribution is -2.51. The molecule has 1 fully saturated rings. The Labute approximate surface area is 151 Å². The molecule has 2 amide bonds. The molecule has 1 N–H and O–H groups in total. The van der Waals surface area contributed by atoms with Crippen LogP contribution in [0.2, 0.25) is 0 Å². The van der Waals surface area contributed by atoms with Crippen molar-refractivity contribution in [1.82, 2.24) is 15.1 Å². The SMILES string of the molecule is CCOC(=O)N1CCN(CC(=O)NC(C)c2ccc(Br)cc2)CC1. The lowest BCUT2D eigenvalue weighted by atomic mass is 10.1. The number of rotatable bonds is 5. The topological polar surface area (TPSA) is 61.9 Å². The van der Waals surface area contributed by atoms with Crippen LogP contribution in [0.4, 0.5) is 4.79 Å². The number of nitrogens with zero attached hydrogens (tertiary/aromatic N) is 2. The number of halogens is 1. The Balaban J connectivity index is 1.75. The van der Waals surface area contributed by atoms with Crippen LogP contribution in [0.15, 0.2) is 28.7 Å². The standard InChI is InChI=1S/C17H24BrN3O3/c1-3-24-17(23)21-10-8-20(9-11-21)12-16(22)19-13(2)14-4-6-15(18)7-5-14/h4-7,13H,3,8-12H2,1-2H3,(H,19,22). The van der Waals surface area contributed by atoms with Crippen molar-refractivity contribution in [3.05, 3.63) is 34.3 Å². The van der Waals surface area contributed by atoms with E-state index >= 15 is 0 Å². The van der Waals surface area contributed by atoms with Gasteiger partial charge in [0.25, 0.3) is 0 Å². The molecule has 1 aromatic rings. The van der Waals surface area contributed by atoms with Crippen molar-refractivity contribution in [1.29, 1.82) is 0 Å². The zero-order valence-corrected chi connectivity index (χ0v) is 15.7. The Kier molecular flexibility index (Phi) is 7.05. The summed E-state index contributed by atoms with van der Waals surface area (Å²) < 4.78 is 6.01. The van der Waals surface area contributed by atoms with Gasteiger partial charge in [-0.1, -0.05) is 28.1 Å². The molecule has 6 nitrogen and oxygen atoms in total. The minimum Gasteiger partial charge on any atom is -0.450 e. The van der Waals surface area contributed by atoms with Crippen LogP contribution in [-0.2, 0) is 9.53 Å². The van der Waals surface area contributed by atoms with Gasteiger partial charge in [-0.15, -0.1) is 0 Å². The van der Waals surface area contributed by atoms with Crippen molar-refractivity contribution >= 4 is 27.9 Å². The molecule has 1 heterocycles. The van der Waals surface area contributed by atoms with Crippen LogP contribution in [0.1, 0.15) is 25.5 Å². The normalized spacial score (nSPS) is 16.5. The first-order valence-corrected chi connectivity index (χ1v) is 8.97. The van der Waals surface area contributed by atoms with E-state index in [2.05, 4.69) is 26.1 Å². The maximum atomic E-state index is 12.2. The lowest BCUT2D eigenvalue weighted by Gasteiger charge is -2.33. The molecule has 24 heavy (non-hydrogen) atoms. The maximum absolute atomic E-state index is 12.2. The van der Waals surface area contributed by atoms with Gasteiger partial charge in [0.1, 0.15) is 0 Å². The summed E-state index contributed by atoms with van der Waals surface area (Å²) in [6, 6.07) is 7.88. The molecule has 0 spiro atoms. The average Bonchev–Trinajstić information content (AvgIpc) is 2.56. The van der Waals surface area contributed by atoms with Crippen LogP contribution in [0.5, 0.6) is 0 Å². The van der Waals surface area contributed by atoms with Crippen molar-refractivity contribution < 1.29 is 14.3 Å². The van der Waals surface area contributed by atoms with Crippen LogP contribution in [0, 0.1) is 0 Å². The second kappa shape index (κ2) is 9.03. The number of carbonyl (C=O) groups excluding carboxylic acids is 2. The first-order valence-electron chi connectivity index (χ1n) is 8.18. The van der Waals surface area contributed by atoms with Gasteiger partial charge in [-0.3, -0.25) is 9.69 Å². The second-order valence-corrected chi connectivity index (χ2v) is 6.72. The summed E-state index contributed by atoms with van der Waals surface area (Å²) >= 11 is 3.40. The minimum atomic E-state index is -0.273. The predicted molar refractivity (Wildman–Crippen MR) is 95.7 cm³/mol. The predicted octanol–water partition coefficient (Wildman–Crippen LogP) is 2.40. The zero-order chi connectivity index (χ0) is 17.5. The third kappa shape index (κ3) is 5.49. The molecule has 1 aliphatic heterocycles. The second-order valence-electron chi connectivity index (χ2n) is 5.80. The molecule has 0 bridgehead atoms. The highest BCUT2D eigenvalue weighted by molar-refractivity contribution is 9.10. The van der Waals surface area contributed by atoms with Gasteiger partial charge >= 0.3 is 6.09 Å². The molecule has 1 saturated heterocycles. The van der Waals surface area contributed by atoms with E-state index in [1.54, 1.807) is 11.8 Å². The van der Waals surface area contributed by atoms with E-state index in [-0.39, 0.29) is 18.0 Å². The molecule has 132 valence electrons. The monoisotopic (exact) mass is 397 g/mol. The summed E-state index contributed by atoms with van der Waals surface area (Å²) in [5.41, 5.74) is 1.07. The number of hydrogen-bond acceptors (Lipinski definition) is 4. The molecule has 2 rings (SSSR count). The Morgan fingerprint density at radius 3 is 2.42 bits per heavy atom. The number of piperazine rings is 1. The summed E-state index contributed by atoms with van der Waals surface area (Å²) in [6.45, 7) is 7.04. The number of nitrogens with one attached hydrogen (secondary N) is 1. The fourth-order valence-corrected chi connectivity index (χ4v) is 2.89. The van der Waals surface area contributed by atoms with E-state index in [1.807, 2.05) is 31.2 Å². The fourth-order valence-electron chi connectivity index (χ4n) is 2.63. The largest absolute Gasteiger partial charge is 0.450 e. The van der Waals surface area contributed by atoms with Gasteiger partial charge in [0.2, 0.25) is 5.91 Å². The molecule has 0 radical (unpaired) electrons. The van der Waals surface area contributed by atoms with Gasteiger partial charge in [0, 0.05) is 30.7 Å². The molecule has 7 heteroatoms. The smallest absolute Gasteiger partial charge is 0.409 e. The Hall–Kier alpha value is -1.60. The van der Waals surface area contributed by atoms with Crippen LogP contribution in [0.3, 0.4) is 0 Å². The third-order valence-corrected chi connectivity index (χ3v) is 4.54. The number of carbonyl (C=O) groups is 2. The maximum Gasteiger partial charge on any atom is 0.409 e. The van der Waals surface area contributed by atoms with E-state index in [9.17, 15) is 9.59 Å². The Morgan fingerprint density at radius 1 is 1.21 bits per heavy atom. The average molecular weight is 398 g/mol. The number of hydrogen-bond donors (Lipinski definition) is 1. The van der Waals surface area contributed by atoms with E-state index in [0.29, 0.717) is 39.3 Å². The lowest BCUT2D eigenvalue weighted by molar-refractivity contribution is -0.123. The summed E-state index contributed by atoms with van der Waals surface area (Å²) in [5.74, 6) is -0.00463. The third-order valence-electron chi connectivity index (χ3n) is 4.01. The van der Waals surface area contributed by atoms with E-state index in [1.165, 1.54) is 0 Å². The molecule has 1 aliphatic rings. The van der Waals surface area contributed by atoms with Crippen LogP contribution in [-0.4, -0.2) is 61.1 Å². The molecule has 1 atom stereocenters. The number of ether oxygens (including phenoxy) is 1. The number of benzene rings is 1. The van der Waals surface area contributed by atoms with Gasteiger partial charge in [-0.05, 0) is 31.5 Å². The van der Waals surface area contributed by atoms with E-state index in [0.717, 1.165) is 10.0 Å². The van der Waals surface area contributed by atoms with E-state index < -0.39 is 0 Å². The minimum absolute atomic E-state index is 0.00463. The van der Waals surface area contributed by atoms with Crippen LogP contribution < -0.4 is 5.32 Å². The van der Waals surface area contributed by atoms with Crippen LogP contribution >= 0.6 is 15.9 Å². The Bertz CT molecular complexity index is 557. The van der Waals surface area contributed by atoms with Gasteiger partial charge < -0.3 is 15.0 Å². The highest BCUT2D eigenvalue weighted by Crippen LogP contribution is 2.16. The van der Waals surface area contributed by atoms with Crippen molar-refractivity contribution in [3.63, 3.8) is 0 Å². The van der Waals surface area contributed by atoms with Crippen molar-refractivity contribution in [2.24, 2.45) is 0 Å². The molecule has 0 aliphatic carbocycles. The van der Waals surface area contributed by atoms with Gasteiger partial charge in [-0.2, -0.15) is 0 Å². The molecular weight excluding hydrogens is 374 g/mol. The highest BCUT2D eigenvalue weighted by atomic mass is 79.9. The zero-order valence-electron chi connectivity index (χ0n) is 14.1. The van der Waals surface area contributed by atoms with Crippen LogP contribution in [0.25, 0.3) is 0 Å². The summed E-state index contributed by atoms with van der Waals surface area (Å²) in [4.78, 5) is 27.6. The van der Waals surface area contributed by atoms with Crippen molar-refractivity contribution in [3.8, 4) is 0 Å². The molecule has 1 aromatic carbocycles. The quantitative estimate of drug-likeness (QED) is 0.828. The van der Waals surface area contributed by atoms with Gasteiger partial charge in [0.15, 0.2) is 0 Å². The summed E-state index contributed by atoms with van der Waals surface area (Å²) in [7, 11) is 0. The molecule has 0 saturated carbocycles. The summed E-state index contributed by atoms with van der Waals surface area (Å²) in [6.07, 6.45) is -0.273. The van der Waals surface area contributed by atoms with Gasteiger partial charge in [-0.25, -0.2) is 4.79 Å². The highest BCUT2D eigenvalue weighted by Gasteiger charge is 2.23. The molecule has 0 aromatic heterocycles. The first-order chi connectivity index (χ1) is 11.5.